The number of amides is 2. The van der Waals surface area contributed by atoms with Crippen LogP contribution in [0, 0.1) is 0 Å². The first-order valence-electron chi connectivity index (χ1n) is 8.10. The minimum absolute atomic E-state index is 0.0183. The highest BCUT2D eigenvalue weighted by Gasteiger charge is 2.25. The molecule has 2 N–H and O–H groups in total. The minimum atomic E-state index is -1.01. The molecular weight excluding hydrogens is 312 g/mol. The molecule has 7 heteroatoms. The summed E-state index contributed by atoms with van der Waals surface area (Å²) in [6, 6.07) is 5.09. The quantitative estimate of drug-likeness (QED) is 0.712. The number of ether oxygens (including phenoxy) is 1. The third-order valence-corrected chi connectivity index (χ3v) is 3.74. The summed E-state index contributed by atoms with van der Waals surface area (Å²) in [5.41, 5.74) is 1.22. The molecular formula is C17H22N2O5. The molecule has 1 aliphatic rings. The first-order chi connectivity index (χ1) is 11.5. The Hall–Kier alpha value is -2.57. The summed E-state index contributed by atoms with van der Waals surface area (Å²) in [5.74, 6) is -0.914. The number of unbranched alkanes of at least 4 members (excludes halogenated alkanes) is 2. The van der Waals surface area contributed by atoms with Crippen LogP contribution < -0.4 is 15.0 Å². The molecule has 24 heavy (non-hydrogen) atoms. The largest absolute Gasteiger partial charge is 0.481 e. The molecule has 0 bridgehead atoms. The van der Waals surface area contributed by atoms with Crippen molar-refractivity contribution in [1.82, 2.24) is 0 Å². The number of aliphatic carboxylic acids is 1. The van der Waals surface area contributed by atoms with Crippen molar-refractivity contribution in [3.8, 4) is 5.75 Å². The first-order valence-corrected chi connectivity index (χ1v) is 8.10. The Morgan fingerprint density at radius 2 is 2.08 bits per heavy atom. The van der Waals surface area contributed by atoms with Crippen molar-refractivity contribution in [3.05, 3.63) is 18.2 Å². The van der Waals surface area contributed by atoms with Crippen molar-refractivity contribution < 1.29 is 24.2 Å². The highest BCUT2D eigenvalue weighted by atomic mass is 16.5. The van der Waals surface area contributed by atoms with Gasteiger partial charge in [0.25, 0.3) is 5.91 Å². The van der Waals surface area contributed by atoms with Gasteiger partial charge < -0.3 is 20.1 Å². The van der Waals surface area contributed by atoms with E-state index in [0.29, 0.717) is 23.7 Å². The highest BCUT2D eigenvalue weighted by Crippen LogP contribution is 2.34. The molecule has 1 aliphatic heterocycles. The summed E-state index contributed by atoms with van der Waals surface area (Å²) in [6.45, 7) is 2.73. The van der Waals surface area contributed by atoms with Crippen molar-refractivity contribution >= 4 is 29.2 Å². The number of nitrogens with one attached hydrogen (secondary N) is 1. The molecule has 0 aliphatic carbocycles. The third-order valence-electron chi connectivity index (χ3n) is 3.74. The standard InChI is InChI=1S/C17H22N2O5/c1-2-3-4-9-19-13-6-5-12(10-14(13)24-11-16(19)21)18-15(20)7-8-17(22)23/h5-6,10H,2-4,7-9,11H2,1H3,(H,18,20)(H,22,23). The average molecular weight is 334 g/mol. The molecule has 1 aromatic carbocycles. The minimum Gasteiger partial charge on any atom is -0.481 e. The fraction of sp³-hybridized carbons (Fsp3) is 0.471. The Labute approximate surface area is 140 Å². The predicted molar refractivity (Wildman–Crippen MR) is 89.3 cm³/mol. The van der Waals surface area contributed by atoms with E-state index in [-0.39, 0.29) is 31.3 Å². The number of nitrogens with zero attached hydrogens (tertiary/aromatic N) is 1. The lowest BCUT2D eigenvalue weighted by Crippen LogP contribution is -2.39. The van der Waals surface area contributed by atoms with Gasteiger partial charge in [0, 0.05) is 24.7 Å². The van der Waals surface area contributed by atoms with E-state index >= 15 is 0 Å². The Morgan fingerprint density at radius 1 is 1.29 bits per heavy atom. The lowest BCUT2D eigenvalue weighted by molar-refractivity contribution is -0.138. The molecule has 1 heterocycles. The van der Waals surface area contributed by atoms with Gasteiger partial charge in [0.05, 0.1) is 12.1 Å². The molecule has 0 fully saturated rings. The summed E-state index contributed by atoms with van der Waals surface area (Å²) >= 11 is 0. The summed E-state index contributed by atoms with van der Waals surface area (Å²) < 4.78 is 5.46. The number of hydrogen-bond donors (Lipinski definition) is 2. The monoisotopic (exact) mass is 334 g/mol. The van der Waals surface area contributed by atoms with Crippen molar-refractivity contribution in [2.24, 2.45) is 0 Å². The Morgan fingerprint density at radius 3 is 2.79 bits per heavy atom. The molecule has 2 rings (SSSR count). The van der Waals surface area contributed by atoms with Crippen LogP contribution in [-0.2, 0) is 14.4 Å². The van der Waals surface area contributed by atoms with Gasteiger partial charge in [-0.3, -0.25) is 14.4 Å². The van der Waals surface area contributed by atoms with Gasteiger partial charge in [-0.25, -0.2) is 0 Å². The second-order valence-corrected chi connectivity index (χ2v) is 5.67. The second kappa shape index (κ2) is 8.33. The zero-order chi connectivity index (χ0) is 17.5. The van der Waals surface area contributed by atoms with E-state index in [1.165, 1.54) is 0 Å². The Bertz CT molecular complexity index is 629. The maximum Gasteiger partial charge on any atom is 0.303 e. The van der Waals surface area contributed by atoms with Crippen LogP contribution in [0.25, 0.3) is 0 Å². The van der Waals surface area contributed by atoms with E-state index < -0.39 is 5.97 Å². The molecule has 0 aromatic heterocycles. The van der Waals surface area contributed by atoms with Gasteiger partial charge in [0.2, 0.25) is 5.91 Å². The van der Waals surface area contributed by atoms with Gasteiger partial charge in [-0.05, 0) is 18.6 Å². The number of carboxylic acid groups (broad SMARTS) is 1. The molecule has 1 aromatic rings. The van der Waals surface area contributed by atoms with Crippen molar-refractivity contribution in [3.63, 3.8) is 0 Å². The summed E-state index contributed by atoms with van der Waals surface area (Å²) in [7, 11) is 0. The van der Waals surface area contributed by atoms with Crippen molar-refractivity contribution in [2.75, 3.05) is 23.4 Å². The molecule has 7 nitrogen and oxygen atoms in total. The summed E-state index contributed by atoms with van der Waals surface area (Å²) in [6.07, 6.45) is 2.75. The van der Waals surface area contributed by atoms with Crippen LogP contribution in [-0.4, -0.2) is 36.0 Å². The van der Waals surface area contributed by atoms with Crippen molar-refractivity contribution in [2.45, 2.75) is 39.0 Å². The smallest absolute Gasteiger partial charge is 0.303 e. The van der Waals surface area contributed by atoms with Crippen LogP contribution >= 0.6 is 0 Å². The van der Waals surface area contributed by atoms with E-state index in [4.69, 9.17) is 9.84 Å². The molecule has 2 amide bonds. The Balaban J connectivity index is 2.05. The van der Waals surface area contributed by atoms with E-state index in [1.54, 1.807) is 23.1 Å². The fourth-order valence-electron chi connectivity index (χ4n) is 2.49. The fourth-order valence-corrected chi connectivity index (χ4v) is 2.49. The SMILES string of the molecule is CCCCCN1C(=O)COc2cc(NC(=O)CCC(=O)O)ccc21. The van der Waals surface area contributed by atoms with Gasteiger partial charge in [0.1, 0.15) is 5.75 Å². The third kappa shape index (κ3) is 4.71. The molecule has 0 atom stereocenters. The average Bonchev–Trinajstić information content (AvgIpc) is 2.55. The van der Waals surface area contributed by atoms with E-state index in [2.05, 4.69) is 12.2 Å². The van der Waals surface area contributed by atoms with Crippen LogP contribution in [0.1, 0.15) is 39.0 Å². The zero-order valence-corrected chi connectivity index (χ0v) is 13.7. The topological polar surface area (TPSA) is 95.9 Å². The zero-order valence-electron chi connectivity index (χ0n) is 13.7. The number of fused-ring (bicyclic) bond motifs is 1. The van der Waals surface area contributed by atoms with Crippen LogP contribution in [0.3, 0.4) is 0 Å². The molecule has 0 saturated heterocycles. The number of carbonyl (C=O) groups is 3. The number of rotatable bonds is 8. The summed E-state index contributed by atoms with van der Waals surface area (Å²) in [5, 5.41) is 11.2. The highest BCUT2D eigenvalue weighted by molar-refractivity contribution is 5.99. The molecule has 0 radical (unpaired) electrons. The van der Waals surface area contributed by atoms with Gasteiger partial charge in [-0.2, -0.15) is 0 Å². The maximum absolute atomic E-state index is 12.0. The number of carbonyl (C=O) groups excluding carboxylic acids is 2. The number of anilines is 2. The molecule has 0 spiro atoms. The first kappa shape index (κ1) is 17.8. The molecule has 0 unspecified atom stereocenters. The van der Waals surface area contributed by atoms with Gasteiger partial charge in [0.15, 0.2) is 6.61 Å². The van der Waals surface area contributed by atoms with Crippen LogP contribution in [0.15, 0.2) is 18.2 Å². The van der Waals surface area contributed by atoms with E-state index in [0.717, 1.165) is 19.3 Å². The van der Waals surface area contributed by atoms with Gasteiger partial charge >= 0.3 is 5.97 Å². The number of hydrogen-bond acceptors (Lipinski definition) is 4. The van der Waals surface area contributed by atoms with E-state index in [9.17, 15) is 14.4 Å². The van der Waals surface area contributed by atoms with Crippen LogP contribution in [0.4, 0.5) is 11.4 Å². The number of benzene rings is 1. The summed E-state index contributed by atoms with van der Waals surface area (Å²) in [4.78, 5) is 35.9. The van der Waals surface area contributed by atoms with E-state index in [1.807, 2.05) is 0 Å². The predicted octanol–water partition coefficient (Wildman–Crippen LogP) is 2.41. The van der Waals surface area contributed by atoms with Crippen LogP contribution in [0.2, 0.25) is 0 Å². The maximum atomic E-state index is 12.0. The van der Waals surface area contributed by atoms with Gasteiger partial charge in [-0.1, -0.05) is 19.8 Å². The normalized spacial score (nSPS) is 13.2. The second-order valence-electron chi connectivity index (χ2n) is 5.67. The lowest BCUT2D eigenvalue weighted by atomic mass is 10.1. The Kier molecular flexibility index (Phi) is 6.17. The number of carboxylic acids is 1. The van der Waals surface area contributed by atoms with Crippen LogP contribution in [0.5, 0.6) is 5.75 Å². The lowest BCUT2D eigenvalue weighted by Gasteiger charge is -2.29. The van der Waals surface area contributed by atoms with Gasteiger partial charge in [-0.15, -0.1) is 0 Å². The molecule has 130 valence electrons. The molecule has 0 saturated carbocycles. The van der Waals surface area contributed by atoms with Crippen molar-refractivity contribution in [1.29, 1.82) is 0 Å².